The first-order chi connectivity index (χ1) is 9.25. The molecule has 20 heavy (non-hydrogen) atoms. The fraction of sp³-hybridized carbons (Fsp3) is 0.385. The molecule has 2 N–H and O–H groups in total. The van der Waals surface area contributed by atoms with Gasteiger partial charge in [-0.15, -0.1) is 0 Å². The molecule has 0 aliphatic rings. The molecule has 0 fully saturated rings. The predicted molar refractivity (Wildman–Crippen MR) is 73.2 cm³/mol. The number of hydrogen-bond donors (Lipinski definition) is 2. The van der Waals surface area contributed by atoms with Gasteiger partial charge in [0, 0.05) is 0 Å². The number of carboxylic acids is 1. The second-order valence-corrected chi connectivity index (χ2v) is 6.50. The minimum Gasteiger partial charge on any atom is -0.480 e. The molecule has 0 saturated carbocycles. The predicted octanol–water partition coefficient (Wildman–Crippen LogP) is 1.09. The molecule has 1 rings (SSSR count). The molecule has 7 heteroatoms. The van der Waals surface area contributed by atoms with Gasteiger partial charge in [-0.2, -0.15) is 5.26 Å². The molecule has 0 unspecified atom stereocenters. The van der Waals surface area contributed by atoms with Gasteiger partial charge in [0.2, 0.25) is 10.0 Å². The van der Waals surface area contributed by atoms with Crippen molar-refractivity contribution in [2.45, 2.75) is 25.6 Å². The molecule has 0 saturated heterocycles. The fourth-order valence-electron chi connectivity index (χ4n) is 1.60. The standard InChI is InChI=1S/C13H16N2O4S/c1-9(2)12(13(16)17)15-20(18,19)8-11-5-3-10(7-14)4-6-11/h3-6,9,12,15H,8H2,1-2H3,(H,16,17)/t12-/m1/s1. The van der Waals surface area contributed by atoms with E-state index in [0.29, 0.717) is 11.1 Å². The van der Waals surface area contributed by atoms with Crippen molar-refractivity contribution in [3.63, 3.8) is 0 Å². The van der Waals surface area contributed by atoms with Crippen molar-refractivity contribution in [1.29, 1.82) is 5.26 Å². The first-order valence-corrected chi connectivity index (χ1v) is 7.62. The van der Waals surface area contributed by atoms with Gasteiger partial charge in [0.25, 0.3) is 0 Å². The third-order valence-electron chi connectivity index (χ3n) is 2.68. The van der Waals surface area contributed by atoms with Crippen molar-refractivity contribution >= 4 is 16.0 Å². The van der Waals surface area contributed by atoms with Crippen molar-refractivity contribution in [1.82, 2.24) is 4.72 Å². The first kappa shape index (κ1) is 16.1. The van der Waals surface area contributed by atoms with Gasteiger partial charge < -0.3 is 5.11 Å². The Balaban J connectivity index is 2.83. The molecule has 1 aromatic carbocycles. The zero-order valence-electron chi connectivity index (χ0n) is 11.2. The quantitative estimate of drug-likeness (QED) is 0.817. The number of sulfonamides is 1. The van der Waals surface area contributed by atoms with E-state index in [4.69, 9.17) is 10.4 Å². The number of nitrogens with zero attached hydrogens (tertiary/aromatic N) is 1. The van der Waals surface area contributed by atoms with Crippen LogP contribution in [-0.4, -0.2) is 25.5 Å². The number of benzene rings is 1. The van der Waals surface area contributed by atoms with Crippen LogP contribution >= 0.6 is 0 Å². The van der Waals surface area contributed by atoms with Gasteiger partial charge in [-0.3, -0.25) is 4.79 Å². The summed E-state index contributed by atoms with van der Waals surface area (Å²) < 4.78 is 26.0. The first-order valence-electron chi connectivity index (χ1n) is 5.97. The van der Waals surface area contributed by atoms with E-state index in [1.807, 2.05) is 6.07 Å². The summed E-state index contributed by atoms with van der Waals surface area (Å²) in [5.41, 5.74) is 0.925. The second kappa shape index (κ2) is 6.50. The van der Waals surface area contributed by atoms with Crippen LogP contribution in [0.4, 0.5) is 0 Å². The van der Waals surface area contributed by atoms with Gasteiger partial charge in [-0.1, -0.05) is 26.0 Å². The van der Waals surface area contributed by atoms with Crippen molar-refractivity contribution in [3.05, 3.63) is 35.4 Å². The topological polar surface area (TPSA) is 107 Å². The molecule has 0 spiro atoms. The normalized spacial score (nSPS) is 12.9. The molecule has 0 heterocycles. The highest BCUT2D eigenvalue weighted by atomic mass is 32.2. The highest BCUT2D eigenvalue weighted by Crippen LogP contribution is 2.10. The average Bonchev–Trinajstić information content (AvgIpc) is 2.36. The highest BCUT2D eigenvalue weighted by molar-refractivity contribution is 7.88. The van der Waals surface area contributed by atoms with Crippen LogP contribution in [0, 0.1) is 17.2 Å². The third kappa shape index (κ3) is 4.64. The van der Waals surface area contributed by atoms with Gasteiger partial charge in [0.15, 0.2) is 0 Å². The Morgan fingerprint density at radius 1 is 1.35 bits per heavy atom. The minimum absolute atomic E-state index is 0.324. The van der Waals surface area contributed by atoms with Crippen LogP contribution in [0.25, 0.3) is 0 Å². The van der Waals surface area contributed by atoms with Crippen molar-refractivity contribution in [3.8, 4) is 6.07 Å². The van der Waals surface area contributed by atoms with Gasteiger partial charge in [-0.25, -0.2) is 13.1 Å². The van der Waals surface area contributed by atoms with Crippen molar-refractivity contribution in [2.75, 3.05) is 0 Å². The fourth-order valence-corrected chi connectivity index (χ4v) is 3.08. The largest absolute Gasteiger partial charge is 0.480 e. The lowest BCUT2D eigenvalue weighted by Gasteiger charge is -2.17. The lowest BCUT2D eigenvalue weighted by molar-refractivity contribution is -0.140. The number of hydrogen-bond acceptors (Lipinski definition) is 4. The Hall–Kier alpha value is -1.91. The van der Waals surface area contributed by atoms with Gasteiger partial charge in [0.1, 0.15) is 6.04 Å². The molecular formula is C13H16N2O4S. The van der Waals surface area contributed by atoms with E-state index in [1.54, 1.807) is 13.8 Å². The van der Waals surface area contributed by atoms with E-state index in [1.165, 1.54) is 24.3 Å². The lowest BCUT2D eigenvalue weighted by atomic mass is 10.1. The Morgan fingerprint density at radius 3 is 2.30 bits per heavy atom. The van der Waals surface area contributed by atoms with Crippen LogP contribution in [0.2, 0.25) is 0 Å². The van der Waals surface area contributed by atoms with Gasteiger partial charge in [0.05, 0.1) is 17.4 Å². The summed E-state index contributed by atoms with van der Waals surface area (Å²) in [6, 6.07) is 6.88. The molecule has 0 radical (unpaired) electrons. The molecule has 0 aliphatic carbocycles. The minimum atomic E-state index is -3.76. The van der Waals surface area contributed by atoms with Crippen molar-refractivity contribution in [2.24, 2.45) is 5.92 Å². The van der Waals surface area contributed by atoms with Crippen LogP contribution in [-0.2, 0) is 20.6 Å². The smallest absolute Gasteiger partial charge is 0.321 e. The maximum absolute atomic E-state index is 11.9. The van der Waals surface area contributed by atoms with Crippen molar-refractivity contribution < 1.29 is 18.3 Å². The lowest BCUT2D eigenvalue weighted by Crippen LogP contribution is -2.44. The van der Waals surface area contributed by atoms with Crippen LogP contribution in [0.3, 0.4) is 0 Å². The van der Waals surface area contributed by atoms with E-state index in [-0.39, 0.29) is 11.7 Å². The zero-order valence-corrected chi connectivity index (χ0v) is 12.0. The molecule has 1 aromatic rings. The summed E-state index contributed by atoms with van der Waals surface area (Å²) >= 11 is 0. The van der Waals surface area contributed by atoms with Gasteiger partial charge >= 0.3 is 5.97 Å². The SMILES string of the molecule is CC(C)[C@@H](NS(=O)(=O)Cc1ccc(C#N)cc1)C(=O)O. The highest BCUT2D eigenvalue weighted by Gasteiger charge is 2.26. The maximum Gasteiger partial charge on any atom is 0.321 e. The van der Waals surface area contributed by atoms with E-state index >= 15 is 0 Å². The molecule has 0 aliphatic heterocycles. The second-order valence-electron chi connectivity index (χ2n) is 4.75. The summed E-state index contributed by atoms with van der Waals surface area (Å²) in [6.07, 6.45) is 0. The molecule has 6 nitrogen and oxygen atoms in total. The number of rotatable bonds is 6. The molecule has 0 amide bonds. The molecule has 1 atom stereocenters. The summed E-state index contributed by atoms with van der Waals surface area (Å²) in [6.45, 7) is 3.26. The van der Waals surface area contributed by atoms with Gasteiger partial charge in [-0.05, 0) is 23.6 Å². The van der Waals surface area contributed by atoms with E-state index < -0.39 is 22.0 Å². The van der Waals surface area contributed by atoms with E-state index in [9.17, 15) is 13.2 Å². The number of aliphatic carboxylic acids is 1. The number of carboxylic acid groups (broad SMARTS) is 1. The Kier molecular flexibility index (Phi) is 5.25. The Labute approximate surface area is 118 Å². The van der Waals surface area contributed by atoms with Crippen LogP contribution in [0.5, 0.6) is 0 Å². The Morgan fingerprint density at radius 2 is 1.90 bits per heavy atom. The van der Waals surface area contributed by atoms with Crippen LogP contribution in [0.15, 0.2) is 24.3 Å². The zero-order chi connectivity index (χ0) is 15.3. The number of nitrogens with one attached hydrogen (secondary N) is 1. The third-order valence-corrected chi connectivity index (χ3v) is 4.01. The molecule has 0 bridgehead atoms. The Bertz CT molecular complexity index is 615. The molecule has 0 aromatic heterocycles. The monoisotopic (exact) mass is 296 g/mol. The summed E-state index contributed by atoms with van der Waals surface area (Å²) in [7, 11) is -3.76. The van der Waals surface area contributed by atoms with Crippen LogP contribution in [0.1, 0.15) is 25.0 Å². The maximum atomic E-state index is 11.9. The number of carbonyl (C=O) groups is 1. The number of nitriles is 1. The molecular weight excluding hydrogens is 280 g/mol. The van der Waals surface area contributed by atoms with E-state index in [2.05, 4.69) is 4.72 Å². The summed E-state index contributed by atoms with van der Waals surface area (Å²) in [5.74, 6) is -1.89. The molecule has 108 valence electrons. The summed E-state index contributed by atoms with van der Waals surface area (Å²) in [4.78, 5) is 11.0. The van der Waals surface area contributed by atoms with Crippen LogP contribution < -0.4 is 4.72 Å². The van der Waals surface area contributed by atoms with E-state index in [0.717, 1.165) is 0 Å². The summed E-state index contributed by atoms with van der Waals surface area (Å²) in [5, 5.41) is 17.6. The average molecular weight is 296 g/mol.